The molecule has 0 heterocycles. The third-order valence-corrected chi connectivity index (χ3v) is 5.24. The van der Waals surface area contributed by atoms with E-state index in [1.165, 1.54) is 32.7 Å². The first-order chi connectivity index (χ1) is 12.7. The molecule has 3 rings (SSSR count). The minimum atomic E-state index is -0.452. The van der Waals surface area contributed by atoms with Crippen LogP contribution in [0.15, 0.2) is 54.6 Å². The largest absolute Gasteiger partial charge is 0.341 e. The van der Waals surface area contributed by atoms with Crippen molar-refractivity contribution >= 4 is 11.9 Å². The second kappa shape index (κ2) is 8.65. The highest BCUT2D eigenvalue weighted by Crippen LogP contribution is 2.35. The number of amides is 3. The van der Waals surface area contributed by atoms with E-state index in [0.29, 0.717) is 5.92 Å². The molecule has 1 fully saturated rings. The number of benzene rings is 2. The lowest BCUT2D eigenvalue weighted by Crippen LogP contribution is -2.40. The van der Waals surface area contributed by atoms with Crippen molar-refractivity contribution in [3.8, 4) is 11.1 Å². The molecule has 4 nitrogen and oxygen atoms in total. The Kier molecular flexibility index (Phi) is 6.05. The molecule has 0 bridgehead atoms. The van der Waals surface area contributed by atoms with E-state index < -0.39 is 6.03 Å². The monoisotopic (exact) mass is 350 g/mol. The normalized spacial score (nSPS) is 15.4. The topological polar surface area (TPSA) is 58.2 Å². The fourth-order valence-electron chi connectivity index (χ4n) is 3.77. The van der Waals surface area contributed by atoms with Crippen LogP contribution in [0.3, 0.4) is 0 Å². The maximum absolute atomic E-state index is 12.7. The maximum Gasteiger partial charge on any atom is 0.321 e. The van der Waals surface area contributed by atoms with Crippen molar-refractivity contribution in [2.45, 2.75) is 38.0 Å². The molecule has 1 aliphatic rings. The molecule has 0 aliphatic heterocycles. The second-order valence-corrected chi connectivity index (χ2v) is 7.00. The van der Waals surface area contributed by atoms with E-state index in [9.17, 15) is 9.59 Å². The van der Waals surface area contributed by atoms with Crippen molar-refractivity contribution in [2.75, 3.05) is 7.05 Å². The molecule has 26 heavy (non-hydrogen) atoms. The molecular formula is C22H26N2O2. The van der Waals surface area contributed by atoms with Gasteiger partial charge in [0.25, 0.3) is 0 Å². The summed E-state index contributed by atoms with van der Waals surface area (Å²) in [6.07, 6.45) is 5.62. The van der Waals surface area contributed by atoms with Crippen molar-refractivity contribution in [1.29, 1.82) is 0 Å². The average Bonchev–Trinajstić information content (AvgIpc) is 3.20. The predicted octanol–water partition coefficient (Wildman–Crippen LogP) is 4.47. The van der Waals surface area contributed by atoms with Gasteiger partial charge in [-0.05, 0) is 29.0 Å². The van der Waals surface area contributed by atoms with Gasteiger partial charge in [-0.1, -0.05) is 80.3 Å². The minimum Gasteiger partial charge on any atom is -0.341 e. The lowest BCUT2D eigenvalue weighted by Gasteiger charge is -2.20. The van der Waals surface area contributed by atoms with Crippen molar-refractivity contribution in [3.05, 3.63) is 60.2 Å². The summed E-state index contributed by atoms with van der Waals surface area (Å²) in [6, 6.07) is 17.9. The summed E-state index contributed by atoms with van der Waals surface area (Å²) in [6.45, 7) is 0. The fraction of sp³-hybridized carbons (Fsp3) is 0.364. The highest BCUT2D eigenvalue weighted by Gasteiger charge is 2.27. The number of imide groups is 1. The van der Waals surface area contributed by atoms with Gasteiger partial charge in [-0.3, -0.25) is 10.1 Å². The van der Waals surface area contributed by atoms with Crippen molar-refractivity contribution in [2.24, 2.45) is 5.92 Å². The standard InChI is InChI=1S/C22H26N2O2/c1-23-22(26)24-21(25)20(15-16-7-5-6-8-16)19-13-11-18(12-14-19)17-9-3-2-4-10-17/h2-4,9-14,16,20H,5-8,15H2,1H3,(H2,23,24,25,26). The first kappa shape index (κ1) is 18.2. The lowest BCUT2D eigenvalue weighted by molar-refractivity contribution is -0.121. The molecule has 3 amide bonds. The number of carbonyl (C=O) groups is 2. The van der Waals surface area contributed by atoms with Crippen LogP contribution in [-0.2, 0) is 4.79 Å². The first-order valence-electron chi connectivity index (χ1n) is 9.35. The molecular weight excluding hydrogens is 324 g/mol. The van der Waals surface area contributed by atoms with Crippen LogP contribution in [0, 0.1) is 5.92 Å². The van der Waals surface area contributed by atoms with Crippen LogP contribution in [-0.4, -0.2) is 19.0 Å². The van der Waals surface area contributed by atoms with Crippen LogP contribution in [0.5, 0.6) is 0 Å². The molecule has 0 radical (unpaired) electrons. The second-order valence-electron chi connectivity index (χ2n) is 7.00. The fourth-order valence-corrected chi connectivity index (χ4v) is 3.77. The Bertz CT molecular complexity index is 734. The predicted molar refractivity (Wildman–Crippen MR) is 104 cm³/mol. The number of hydrogen-bond acceptors (Lipinski definition) is 2. The van der Waals surface area contributed by atoms with Gasteiger partial charge in [0.2, 0.25) is 5.91 Å². The molecule has 0 spiro atoms. The maximum atomic E-state index is 12.7. The third-order valence-electron chi connectivity index (χ3n) is 5.24. The Balaban J connectivity index is 1.80. The van der Waals surface area contributed by atoms with Gasteiger partial charge in [-0.2, -0.15) is 0 Å². The molecule has 4 heteroatoms. The van der Waals surface area contributed by atoms with Crippen LogP contribution in [0.4, 0.5) is 4.79 Å². The molecule has 0 saturated heterocycles. The SMILES string of the molecule is CNC(=O)NC(=O)C(CC1CCCC1)c1ccc(-c2ccccc2)cc1. The third kappa shape index (κ3) is 4.51. The van der Waals surface area contributed by atoms with Crippen LogP contribution < -0.4 is 10.6 Å². The van der Waals surface area contributed by atoms with Gasteiger partial charge in [-0.15, -0.1) is 0 Å². The summed E-state index contributed by atoms with van der Waals surface area (Å²) in [5.41, 5.74) is 3.25. The van der Waals surface area contributed by atoms with Crippen molar-refractivity contribution in [3.63, 3.8) is 0 Å². The Morgan fingerprint density at radius 1 is 0.962 bits per heavy atom. The van der Waals surface area contributed by atoms with Gasteiger partial charge in [0, 0.05) is 7.05 Å². The first-order valence-corrected chi connectivity index (χ1v) is 9.35. The summed E-state index contributed by atoms with van der Waals surface area (Å²) in [7, 11) is 1.52. The van der Waals surface area contributed by atoms with Gasteiger partial charge in [0.05, 0.1) is 5.92 Å². The minimum absolute atomic E-state index is 0.219. The highest BCUT2D eigenvalue weighted by molar-refractivity contribution is 5.97. The summed E-state index contributed by atoms with van der Waals surface area (Å²) in [4.78, 5) is 24.3. The molecule has 2 N–H and O–H groups in total. The van der Waals surface area contributed by atoms with Gasteiger partial charge in [0.1, 0.15) is 0 Å². The number of rotatable bonds is 5. The van der Waals surface area contributed by atoms with Gasteiger partial charge in [-0.25, -0.2) is 4.79 Å². The van der Waals surface area contributed by atoms with E-state index >= 15 is 0 Å². The van der Waals surface area contributed by atoms with E-state index in [2.05, 4.69) is 34.9 Å². The Morgan fingerprint density at radius 3 is 2.19 bits per heavy atom. The molecule has 1 unspecified atom stereocenters. The van der Waals surface area contributed by atoms with Crippen LogP contribution in [0.2, 0.25) is 0 Å². The van der Waals surface area contributed by atoms with E-state index in [4.69, 9.17) is 0 Å². The van der Waals surface area contributed by atoms with Crippen LogP contribution in [0.1, 0.15) is 43.6 Å². The van der Waals surface area contributed by atoms with Crippen LogP contribution in [0.25, 0.3) is 11.1 Å². The summed E-state index contributed by atoms with van der Waals surface area (Å²) in [5, 5.41) is 4.92. The van der Waals surface area contributed by atoms with Gasteiger partial charge < -0.3 is 5.32 Å². The quantitative estimate of drug-likeness (QED) is 0.836. The number of carbonyl (C=O) groups excluding carboxylic acids is 2. The smallest absolute Gasteiger partial charge is 0.321 e. The Labute approximate surface area is 155 Å². The molecule has 1 saturated carbocycles. The molecule has 1 aliphatic carbocycles. The molecule has 0 aromatic heterocycles. The molecule has 136 valence electrons. The molecule has 1 atom stereocenters. The van der Waals surface area contributed by atoms with Crippen molar-refractivity contribution < 1.29 is 9.59 Å². The number of nitrogens with one attached hydrogen (secondary N) is 2. The van der Waals surface area contributed by atoms with E-state index in [-0.39, 0.29) is 11.8 Å². The Hall–Kier alpha value is -2.62. The average molecular weight is 350 g/mol. The lowest BCUT2D eigenvalue weighted by atomic mass is 9.86. The summed E-state index contributed by atoms with van der Waals surface area (Å²) < 4.78 is 0. The zero-order chi connectivity index (χ0) is 18.4. The number of hydrogen-bond donors (Lipinski definition) is 2. The number of urea groups is 1. The van der Waals surface area contributed by atoms with E-state index in [0.717, 1.165) is 23.1 Å². The zero-order valence-electron chi connectivity index (χ0n) is 15.2. The van der Waals surface area contributed by atoms with E-state index in [1.54, 1.807) is 0 Å². The Morgan fingerprint density at radius 2 is 1.58 bits per heavy atom. The van der Waals surface area contributed by atoms with Gasteiger partial charge in [0.15, 0.2) is 0 Å². The summed E-state index contributed by atoms with van der Waals surface area (Å²) in [5.74, 6) is 0.0492. The molecule has 2 aromatic carbocycles. The van der Waals surface area contributed by atoms with E-state index in [1.807, 2.05) is 30.3 Å². The summed E-state index contributed by atoms with van der Waals surface area (Å²) >= 11 is 0. The van der Waals surface area contributed by atoms with Crippen molar-refractivity contribution in [1.82, 2.24) is 10.6 Å². The highest BCUT2D eigenvalue weighted by atomic mass is 16.2. The zero-order valence-corrected chi connectivity index (χ0v) is 15.2. The molecule has 2 aromatic rings. The van der Waals surface area contributed by atoms with Gasteiger partial charge >= 0.3 is 6.03 Å². The van der Waals surface area contributed by atoms with Crippen LogP contribution >= 0.6 is 0 Å².